The van der Waals surface area contributed by atoms with E-state index in [0.717, 1.165) is 128 Å². The molecule has 26 heteroatoms. The second-order valence-corrected chi connectivity index (χ2v) is 33.3. The van der Waals surface area contributed by atoms with E-state index in [9.17, 15) is 48.6 Å². The van der Waals surface area contributed by atoms with E-state index < -0.39 is 35.5 Å². The van der Waals surface area contributed by atoms with Gasteiger partial charge in [0, 0.05) is 21.3 Å². The molecule has 674 valence electrons. The predicted molar refractivity (Wildman–Crippen MR) is 463 cm³/mol. The molecule has 3 fully saturated rings. The number of carbonyl (C=O) groups is 8. The van der Waals surface area contributed by atoms with Gasteiger partial charge in [-0.2, -0.15) is 0 Å². The Labute approximate surface area is 737 Å². The Bertz CT molecular complexity index is 4530. The summed E-state index contributed by atoms with van der Waals surface area (Å²) in [5.41, 5.74) is 10.4. The van der Waals surface area contributed by atoms with Gasteiger partial charge in [0.1, 0.15) is 87.9 Å². The maximum atomic E-state index is 12.9. The summed E-state index contributed by atoms with van der Waals surface area (Å²) in [6.07, 6.45) is 10.3. The topological polar surface area (TPSA) is 326 Å². The Morgan fingerprint density at radius 3 is 1.07 bits per heavy atom. The van der Waals surface area contributed by atoms with Crippen LogP contribution in [0.1, 0.15) is 153 Å². The summed E-state index contributed by atoms with van der Waals surface area (Å²) >= 11 is 4.81. The van der Waals surface area contributed by atoms with Gasteiger partial charge in [0.15, 0.2) is 19.8 Å². The number of benzene rings is 7. The molecule has 0 spiro atoms. The quantitative estimate of drug-likeness (QED) is 0.0183. The first-order chi connectivity index (χ1) is 60.6. The van der Waals surface area contributed by atoms with Gasteiger partial charge in [0.05, 0.1) is 12.2 Å². The lowest BCUT2D eigenvalue weighted by Gasteiger charge is -2.33. The highest BCUT2D eigenvalue weighted by Crippen LogP contribution is 2.53. The minimum Gasteiger partial charge on any atom is -0.482 e. The van der Waals surface area contributed by atoms with Crippen LogP contribution < -0.4 is 14.2 Å². The largest absolute Gasteiger partial charge is 0.508 e. The average Bonchev–Trinajstić information content (AvgIpc) is 1.68. The molecule has 6 aliphatic carbocycles. The van der Waals surface area contributed by atoms with Crippen LogP contribution in [0.3, 0.4) is 0 Å². The van der Waals surface area contributed by atoms with Gasteiger partial charge in [-0.3, -0.25) is 4.79 Å². The van der Waals surface area contributed by atoms with Gasteiger partial charge in [-0.25, -0.2) is 33.6 Å². The van der Waals surface area contributed by atoms with Crippen molar-refractivity contribution in [2.75, 3.05) is 61.0 Å². The molecule has 125 heavy (non-hydrogen) atoms. The fourth-order valence-electron chi connectivity index (χ4n) is 18.6. The Kier molecular flexibility index (Phi) is 39.2. The van der Waals surface area contributed by atoms with Crippen molar-refractivity contribution >= 4 is 59.0 Å². The van der Waals surface area contributed by atoms with Crippen molar-refractivity contribution in [3.63, 3.8) is 0 Å². The molecule has 7 aromatic rings. The smallest absolute Gasteiger partial charge is 0.482 e. The number of methoxy groups -OCH3 is 3. The Balaban J connectivity index is 0.000000193. The first-order valence-corrected chi connectivity index (χ1v) is 44.0. The molecular formula is C99H121ClO25. The van der Waals surface area contributed by atoms with E-state index in [2.05, 4.69) is 22.9 Å². The molecule has 0 radical (unpaired) electrons. The van der Waals surface area contributed by atoms with Crippen LogP contribution in [0.4, 0.5) is 9.59 Å². The highest BCUT2D eigenvalue weighted by molar-refractivity contribution is 6.63. The third-order valence-corrected chi connectivity index (χ3v) is 24.8. The molecule has 0 bridgehead atoms. The van der Waals surface area contributed by atoms with Crippen molar-refractivity contribution in [2.45, 2.75) is 199 Å². The lowest BCUT2D eigenvalue weighted by atomic mass is 9.73. The molecule has 3 N–H and O–H groups in total. The molecule has 0 heterocycles. The zero-order valence-corrected chi connectivity index (χ0v) is 73.2. The fourth-order valence-corrected chi connectivity index (χ4v) is 18.7. The van der Waals surface area contributed by atoms with E-state index in [1.54, 1.807) is 0 Å². The first kappa shape index (κ1) is 96.8. The molecule has 0 unspecified atom stereocenters. The number of aliphatic carboxylic acids is 1. The summed E-state index contributed by atoms with van der Waals surface area (Å²) < 4.78 is 76.4. The van der Waals surface area contributed by atoms with Crippen LogP contribution in [0.5, 0.6) is 17.2 Å². The zero-order valence-electron chi connectivity index (χ0n) is 72.4. The van der Waals surface area contributed by atoms with Gasteiger partial charge in [-0.1, -0.05) is 178 Å². The SMILES string of the molecule is CC[C@@H](CC[C@@H]1[C@H]2Cc3cccc(OCC(=O)O)c3C[C@H]2C[C@H]1O)OC(=O)COC.CC[C@@H](CC[C@@H]1[C@H]2Cc3cccc(OCC(=O)OCc4ccccc4)c3C[C@H]2C[C@H]1OC(=O)OCc1ccccc1)OC(=O)COC.CC[C@H](O)CC[C@@H]1[C@H]2Cc3cccc(OCC(=O)OCc4ccccc4)c3C[C@H]2C[C@H]1OC(=O)OCc1ccccc1.COCC(=O)Cl. The number of carboxylic acids is 1. The van der Waals surface area contributed by atoms with E-state index >= 15 is 0 Å². The van der Waals surface area contributed by atoms with Crippen molar-refractivity contribution in [1.29, 1.82) is 0 Å². The molecule has 0 aliphatic heterocycles. The third kappa shape index (κ3) is 30.2. The molecule has 0 saturated heterocycles. The summed E-state index contributed by atoms with van der Waals surface area (Å²) in [6.45, 7) is 5.85. The van der Waals surface area contributed by atoms with Gasteiger partial charge in [0.2, 0.25) is 5.24 Å². The summed E-state index contributed by atoms with van der Waals surface area (Å²) in [6, 6.07) is 55.9. The van der Waals surface area contributed by atoms with Crippen LogP contribution in [0, 0.1) is 53.3 Å². The molecule has 7 aromatic carbocycles. The van der Waals surface area contributed by atoms with Crippen molar-refractivity contribution in [1.82, 2.24) is 0 Å². The van der Waals surface area contributed by atoms with E-state index in [1.165, 1.54) is 32.5 Å². The number of halogens is 1. The van der Waals surface area contributed by atoms with Crippen LogP contribution in [0.2, 0.25) is 0 Å². The monoisotopic (exact) mass is 1740 g/mol. The Hall–Kier alpha value is -10.4. The highest BCUT2D eigenvalue weighted by Gasteiger charge is 2.50. The number of ether oxygens (including phenoxy) is 14. The van der Waals surface area contributed by atoms with Crippen LogP contribution in [-0.4, -0.2) is 160 Å². The van der Waals surface area contributed by atoms with Crippen molar-refractivity contribution in [3.05, 3.63) is 232 Å². The number of esters is 4. The second-order valence-electron chi connectivity index (χ2n) is 32.8. The highest BCUT2D eigenvalue weighted by atomic mass is 35.5. The maximum Gasteiger partial charge on any atom is 0.508 e. The van der Waals surface area contributed by atoms with E-state index in [4.69, 9.17) is 78.3 Å². The first-order valence-electron chi connectivity index (χ1n) is 43.6. The molecule has 13 rings (SSSR count). The van der Waals surface area contributed by atoms with E-state index in [1.807, 2.05) is 178 Å². The summed E-state index contributed by atoms with van der Waals surface area (Å²) in [5.74, 6) is 1.64. The number of fused-ring (bicyclic) bond motifs is 6. The maximum absolute atomic E-state index is 12.9. The summed E-state index contributed by atoms with van der Waals surface area (Å²) in [4.78, 5) is 94.9. The molecule has 0 aromatic heterocycles. The van der Waals surface area contributed by atoms with Crippen molar-refractivity contribution < 1.29 is 120 Å². The standard InChI is InChI=1S/C38H44O9.C35H40O7.C23H32O7.C3H5ClO2/c1-3-30(46-37(40)24-42-2)17-18-31-32-19-28-15-10-16-34(43-25-36(39)44-22-26-11-6-4-7-12-26)33(28)20-29(32)21-35(31)47-38(41)45-23-27-13-8-5-9-14-27;1-2-28(36)16-17-29-30-18-26-14-9-15-32(39-23-34(37)40-21-24-10-5-3-6-11-24)31(26)19-27(30)20-33(29)42-35(38)41-22-25-12-7-4-8-13-25;1-3-16(30-23(27)13-28-2)7-8-17-18-9-14-5-4-6-21(29-12-22(25)26)19(14)10-15(18)11-20(17)24;1-6-2-3(4)5/h4-16,29-32,35H,3,17-25H2,1-2H3;3-15,27-30,33,36H,2,16-23H2,1H3;4-6,15-18,20,24H,3,7-13H2,1-2H3,(H,25,26);2H2,1H3/t29-,30-,31+,32-,35+;27-,28-,29+,30-,33+;15-,16-,17+,18-,20+;/m000./s1. The summed E-state index contributed by atoms with van der Waals surface area (Å²) in [5, 5.41) is 29.5. The second kappa shape index (κ2) is 50.7. The number of hydrogen-bond donors (Lipinski definition) is 3. The third-order valence-electron chi connectivity index (χ3n) is 24.6. The van der Waals surface area contributed by atoms with E-state index in [-0.39, 0.29) is 144 Å². The molecule has 25 nitrogen and oxygen atoms in total. The van der Waals surface area contributed by atoms with Gasteiger partial charge >= 0.3 is 42.2 Å². The van der Waals surface area contributed by atoms with Crippen LogP contribution >= 0.6 is 11.6 Å². The van der Waals surface area contributed by atoms with E-state index in [0.29, 0.717) is 73.0 Å². The lowest BCUT2D eigenvalue weighted by molar-refractivity contribution is -0.155. The minimum absolute atomic E-state index is 0.00154. The lowest BCUT2D eigenvalue weighted by Crippen LogP contribution is -2.30. The van der Waals surface area contributed by atoms with Gasteiger partial charge < -0.3 is 81.6 Å². The minimum atomic E-state index is -0.991. The number of rotatable bonds is 39. The molecule has 3 saturated carbocycles. The van der Waals surface area contributed by atoms with Crippen LogP contribution in [0.15, 0.2) is 176 Å². The number of carbonyl (C=O) groups excluding carboxylic acids is 7. The average molecular weight is 1750 g/mol. The fraction of sp³-hybridized carbons (Fsp3) is 0.495. The number of aliphatic hydroxyl groups is 2. The van der Waals surface area contributed by atoms with Crippen molar-refractivity contribution in [2.24, 2.45) is 53.3 Å². The van der Waals surface area contributed by atoms with Crippen LogP contribution in [0.25, 0.3) is 0 Å². The van der Waals surface area contributed by atoms with Gasteiger partial charge in [-0.15, -0.1) is 0 Å². The Morgan fingerprint density at radius 2 is 0.728 bits per heavy atom. The molecule has 15 atom stereocenters. The predicted octanol–water partition coefficient (Wildman–Crippen LogP) is 16.1. The normalized spacial score (nSPS) is 21.4. The number of aliphatic hydroxyl groups excluding tert-OH is 2. The molecule has 6 aliphatic rings. The van der Waals surface area contributed by atoms with Gasteiger partial charge in [0.25, 0.3) is 0 Å². The Morgan fingerprint density at radius 1 is 0.384 bits per heavy atom. The molecule has 0 amide bonds. The van der Waals surface area contributed by atoms with Crippen LogP contribution in [-0.2, 0) is 146 Å². The summed E-state index contributed by atoms with van der Waals surface area (Å²) in [7, 11) is 4.35. The van der Waals surface area contributed by atoms with Gasteiger partial charge in [-0.05, 0) is 254 Å². The number of hydrogen-bond acceptors (Lipinski definition) is 24. The number of carboxylic acid groups (broad SMARTS) is 1. The zero-order chi connectivity index (χ0) is 89.0. The molecular weight excluding hydrogens is 1620 g/mol. The van der Waals surface area contributed by atoms with Crippen molar-refractivity contribution in [3.8, 4) is 17.2 Å².